The Hall–Kier alpha value is -2.48. The maximum Gasteiger partial charge on any atom is 0.281 e. The number of amides is 1. The van der Waals surface area contributed by atoms with Crippen LogP contribution < -0.4 is 4.80 Å². The fourth-order valence-electron chi connectivity index (χ4n) is 2.81. The van der Waals surface area contributed by atoms with Crippen LogP contribution in [-0.4, -0.2) is 15.4 Å². The van der Waals surface area contributed by atoms with Gasteiger partial charge in [0.2, 0.25) is 0 Å². The molecular formula is C19H15Cl2N3O3S. The number of aromatic nitrogens is 1. The number of benzene rings is 2. The Kier molecular flexibility index (Phi) is 5.98. The Morgan fingerprint density at radius 3 is 2.46 bits per heavy atom. The lowest BCUT2D eigenvalue weighted by Crippen LogP contribution is -2.17. The van der Waals surface area contributed by atoms with Gasteiger partial charge in [0.05, 0.1) is 21.2 Å². The van der Waals surface area contributed by atoms with Crippen LogP contribution >= 0.6 is 34.5 Å². The predicted molar refractivity (Wildman–Crippen MR) is 111 cm³/mol. The second-order valence-corrected chi connectivity index (χ2v) is 7.90. The average Bonchev–Trinajstić information content (AvgIpc) is 2.96. The number of aryl methyl sites for hydroxylation is 1. The molecule has 0 spiro atoms. The lowest BCUT2D eigenvalue weighted by atomic mass is 10.1. The Labute approximate surface area is 174 Å². The second-order valence-electron chi connectivity index (χ2n) is 5.88. The first-order chi connectivity index (χ1) is 13.3. The second kappa shape index (κ2) is 8.26. The third kappa shape index (κ3) is 4.01. The molecule has 28 heavy (non-hydrogen) atoms. The van der Waals surface area contributed by atoms with Gasteiger partial charge in [-0.3, -0.25) is 14.9 Å². The molecule has 0 saturated heterocycles. The predicted octanol–water partition coefficient (Wildman–Crippen LogP) is 5.50. The first kappa shape index (κ1) is 20.3. The van der Waals surface area contributed by atoms with Gasteiger partial charge < -0.3 is 4.57 Å². The highest BCUT2D eigenvalue weighted by molar-refractivity contribution is 7.09. The van der Waals surface area contributed by atoms with Crippen LogP contribution in [0.1, 0.15) is 22.2 Å². The summed E-state index contributed by atoms with van der Waals surface area (Å²) in [5.41, 5.74) is 1.88. The summed E-state index contributed by atoms with van der Waals surface area (Å²) in [6.45, 7) is 4.54. The van der Waals surface area contributed by atoms with E-state index < -0.39 is 10.8 Å². The molecule has 0 aliphatic rings. The van der Waals surface area contributed by atoms with Crippen molar-refractivity contribution in [3.05, 3.63) is 77.9 Å². The van der Waals surface area contributed by atoms with Crippen LogP contribution in [0.5, 0.6) is 0 Å². The SMILES string of the molecule is CCn1c(-c2ccc(Cl)cc2)c(C)sc1=NC(=O)c1ccc([N+](=O)[O-])cc1Cl. The number of carbonyl (C=O) groups is 1. The monoisotopic (exact) mass is 435 g/mol. The van der Waals surface area contributed by atoms with Crippen LogP contribution in [0.4, 0.5) is 5.69 Å². The van der Waals surface area contributed by atoms with Crippen LogP contribution in [-0.2, 0) is 6.54 Å². The number of nitrogens with zero attached hydrogens (tertiary/aromatic N) is 3. The number of hydrogen-bond acceptors (Lipinski definition) is 4. The molecule has 0 radical (unpaired) electrons. The summed E-state index contributed by atoms with van der Waals surface area (Å²) in [7, 11) is 0. The van der Waals surface area contributed by atoms with Gasteiger partial charge >= 0.3 is 0 Å². The number of nitro benzene ring substituents is 1. The van der Waals surface area contributed by atoms with Crippen molar-refractivity contribution in [2.24, 2.45) is 4.99 Å². The molecule has 3 rings (SSSR count). The highest BCUT2D eigenvalue weighted by Crippen LogP contribution is 2.27. The topological polar surface area (TPSA) is 77.5 Å². The van der Waals surface area contributed by atoms with Gasteiger partial charge in [0, 0.05) is 28.6 Å². The molecule has 144 valence electrons. The lowest BCUT2D eigenvalue weighted by molar-refractivity contribution is -0.384. The van der Waals surface area contributed by atoms with Crippen molar-refractivity contribution in [3.63, 3.8) is 0 Å². The smallest absolute Gasteiger partial charge is 0.281 e. The van der Waals surface area contributed by atoms with Gasteiger partial charge in [-0.25, -0.2) is 0 Å². The minimum Gasteiger partial charge on any atom is -0.316 e. The molecule has 6 nitrogen and oxygen atoms in total. The Morgan fingerprint density at radius 2 is 1.89 bits per heavy atom. The molecule has 0 aliphatic heterocycles. The van der Waals surface area contributed by atoms with Gasteiger partial charge in [0.25, 0.3) is 11.6 Å². The molecule has 1 amide bonds. The van der Waals surface area contributed by atoms with Crippen molar-refractivity contribution >= 4 is 46.1 Å². The third-order valence-electron chi connectivity index (χ3n) is 4.10. The minimum absolute atomic E-state index is 0.00259. The quantitative estimate of drug-likeness (QED) is 0.400. The van der Waals surface area contributed by atoms with Crippen molar-refractivity contribution in [2.45, 2.75) is 20.4 Å². The number of nitro groups is 1. The number of carbonyl (C=O) groups excluding carboxylic acids is 1. The van der Waals surface area contributed by atoms with Crippen LogP contribution in [0, 0.1) is 17.0 Å². The summed E-state index contributed by atoms with van der Waals surface area (Å²) in [5, 5.41) is 11.5. The van der Waals surface area contributed by atoms with E-state index in [4.69, 9.17) is 23.2 Å². The van der Waals surface area contributed by atoms with E-state index in [0.717, 1.165) is 22.2 Å². The summed E-state index contributed by atoms with van der Waals surface area (Å²) < 4.78 is 1.94. The van der Waals surface area contributed by atoms with Gasteiger partial charge in [0.15, 0.2) is 4.80 Å². The number of non-ortho nitro benzene ring substituents is 1. The van der Waals surface area contributed by atoms with Crippen molar-refractivity contribution in [3.8, 4) is 11.3 Å². The molecular weight excluding hydrogens is 421 g/mol. The molecule has 9 heteroatoms. The summed E-state index contributed by atoms with van der Waals surface area (Å²) in [5.74, 6) is -0.550. The molecule has 3 aromatic rings. The number of rotatable bonds is 4. The Balaban J connectivity index is 2.07. The van der Waals surface area contributed by atoms with Gasteiger partial charge in [-0.2, -0.15) is 4.99 Å². The van der Waals surface area contributed by atoms with Gasteiger partial charge in [-0.15, -0.1) is 11.3 Å². The zero-order chi connectivity index (χ0) is 20.4. The zero-order valence-electron chi connectivity index (χ0n) is 15.0. The van der Waals surface area contributed by atoms with Gasteiger partial charge in [0.1, 0.15) is 0 Å². The highest BCUT2D eigenvalue weighted by atomic mass is 35.5. The average molecular weight is 436 g/mol. The molecule has 0 saturated carbocycles. The lowest BCUT2D eigenvalue weighted by Gasteiger charge is -2.07. The van der Waals surface area contributed by atoms with E-state index in [0.29, 0.717) is 16.4 Å². The van der Waals surface area contributed by atoms with Crippen molar-refractivity contribution in [2.75, 3.05) is 0 Å². The van der Waals surface area contributed by atoms with Crippen molar-refractivity contribution < 1.29 is 9.72 Å². The molecule has 0 unspecified atom stereocenters. The van der Waals surface area contributed by atoms with E-state index in [1.807, 2.05) is 42.7 Å². The van der Waals surface area contributed by atoms with E-state index in [1.54, 1.807) is 0 Å². The Morgan fingerprint density at radius 1 is 1.21 bits per heavy atom. The first-order valence-electron chi connectivity index (χ1n) is 8.31. The van der Waals surface area contributed by atoms with E-state index >= 15 is 0 Å². The molecule has 0 aliphatic carbocycles. The molecule has 1 heterocycles. The highest BCUT2D eigenvalue weighted by Gasteiger charge is 2.16. The van der Waals surface area contributed by atoms with Gasteiger partial charge in [-0.1, -0.05) is 35.3 Å². The molecule has 0 bridgehead atoms. The van der Waals surface area contributed by atoms with Crippen molar-refractivity contribution in [1.29, 1.82) is 0 Å². The van der Waals surface area contributed by atoms with E-state index in [9.17, 15) is 14.9 Å². The Bertz CT molecular complexity index is 1130. The van der Waals surface area contributed by atoms with Crippen LogP contribution in [0.3, 0.4) is 0 Å². The van der Waals surface area contributed by atoms with Crippen LogP contribution in [0.15, 0.2) is 47.5 Å². The number of thiazole rings is 1. The van der Waals surface area contributed by atoms with E-state index in [1.165, 1.54) is 23.5 Å². The van der Waals surface area contributed by atoms with E-state index in [2.05, 4.69) is 4.99 Å². The van der Waals surface area contributed by atoms with Crippen molar-refractivity contribution in [1.82, 2.24) is 4.57 Å². The summed E-state index contributed by atoms with van der Waals surface area (Å²) in [4.78, 5) is 28.7. The fraction of sp³-hybridized carbons (Fsp3) is 0.158. The van der Waals surface area contributed by atoms with Crippen LogP contribution in [0.2, 0.25) is 10.0 Å². The molecule has 1 aromatic heterocycles. The summed E-state index contributed by atoms with van der Waals surface area (Å²) in [6.07, 6.45) is 0. The van der Waals surface area contributed by atoms with Crippen LogP contribution in [0.25, 0.3) is 11.3 Å². The molecule has 0 atom stereocenters. The maximum absolute atomic E-state index is 12.6. The maximum atomic E-state index is 12.6. The number of hydrogen-bond donors (Lipinski definition) is 0. The normalized spacial score (nSPS) is 11.6. The minimum atomic E-state index is -0.566. The fourth-order valence-corrected chi connectivity index (χ4v) is 4.25. The molecule has 0 fully saturated rings. The molecule has 2 aromatic carbocycles. The van der Waals surface area contributed by atoms with E-state index in [-0.39, 0.29) is 16.3 Å². The first-order valence-corrected chi connectivity index (χ1v) is 9.88. The summed E-state index contributed by atoms with van der Waals surface area (Å²) >= 11 is 13.4. The molecule has 0 N–H and O–H groups in total. The third-order valence-corrected chi connectivity index (χ3v) is 5.66. The summed E-state index contributed by atoms with van der Waals surface area (Å²) in [6, 6.07) is 11.2. The zero-order valence-corrected chi connectivity index (χ0v) is 17.3. The standard InChI is InChI=1S/C19H15Cl2N3O3S/c1-3-23-17(12-4-6-13(20)7-5-12)11(2)28-19(23)22-18(25)15-9-8-14(24(26)27)10-16(15)21/h4-10H,3H2,1-2H3. The van der Waals surface area contributed by atoms with Gasteiger partial charge in [-0.05, 0) is 37.6 Å². The largest absolute Gasteiger partial charge is 0.316 e. The number of halogens is 2.